The highest BCUT2D eigenvalue weighted by Crippen LogP contribution is 2.35. The highest BCUT2D eigenvalue weighted by atomic mass is 32.2. The van der Waals surface area contributed by atoms with E-state index in [1.54, 1.807) is 13.2 Å². The number of hydrazine groups is 1. The third kappa shape index (κ3) is 10.7. The van der Waals surface area contributed by atoms with Gasteiger partial charge in [0.2, 0.25) is 22.7 Å². The summed E-state index contributed by atoms with van der Waals surface area (Å²) < 4.78 is 44.9. The molecule has 0 fully saturated rings. The minimum Gasteiger partial charge on any atom is -0.454 e. The summed E-state index contributed by atoms with van der Waals surface area (Å²) in [6, 6.07) is 12.7. The molecular weight excluding hydrogens is 600 g/mol. The zero-order valence-electron chi connectivity index (χ0n) is 26.9. The number of hydrogen-bond donors (Lipinski definition) is 3. The molecule has 0 aliphatic carbocycles. The van der Waals surface area contributed by atoms with Crippen molar-refractivity contribution >= 4 is 21.8 Å². The van der Waals surface area contributed by atoms with E-state index in [0.717, 1.165) is 12.0 Å². The number of ether oxygens (including phenoxy) is 3. The van der Waals surface area contributed by atoms with Crippen LogP contribution in [0.3, 0.4) is 0 Å². The summed E-state index contributed by atoms with van der Waals surface area (Å²) in [6.07, 6.45) is -0.314. The van der Waals surface area contributed by atoms with Crippen LogP contribution < -0.4 is 20.2 Å². The number of methoxy groups -OCH3 is 1. The van der Waals surface area contributed by atoms with Crippen LogP contribution in [0.1, 0.15) is 46.1 Å². The minimum absolute atomic E-state index is 0.000603. The Kier molecular flexibility index (Phi) is 14.1. The van der Waals surface area contributed by atoms with Gasteiger partial charge in [-0.25, -0.2) is 13.4 Å². The van der Waals surface area contributed by atoms with Crippen LogP contribution in [-0.4, -0.2) is 93.5 Å². The topological polar surface area (TPSA) is 147 Å². The van der Waals surface area contributed by atoms with Crippen LogP contribution in [0.2, 0.25) is 0 Å². The Labute approximate surface area is 267 Å². The highest BCUT2D eigenvalue weighted by Gasteiger charge is 2.36. The van der Waals surface area contributed by atoms with Crippen LogP contribution in [0.25, 0.3) is 0 Å². The second kappa shape index (κ2) is 17.5. The molecule has 13 heteroatoms. The first-order valence-corrected chi connectivity index (χ1v) is 16.8. The average Bonchev–Trinajstić information content (AvgIpc) is 3.49. The van der Waals surface area contributed by atoms with E-state index in [9.17, 15) is 23.1 Å². The molecule has 45 heavy (non-hydrogen) atoms. The van der Waals surface area contributed by atoms with Gasteiger partial charge in [-0.1, -0.05) is 64.4 Å². The Morgan fingerprint density at radius 1 is 1.04 bits per heavy atom. The van der Waals surface area contributed by atoms with Gasteiger partial charge >= 0.3 is 0 Å². The molecule has 3 rings (SSSR count). The molecule has 2 aromatic rings. The fraction of sp³-hybridized carbons (Fsp3) is 0.562. The molecule has 0 bridgehead atoms. The van der Waals surface area contributed by atoms with Crippen molar-refractivity contribution in [3.05, 3.63) is 54.1 Å². The van der Waals surface area contributed by atoms with E-state index in [1.165, 1.54) is 21.4 Å². The van der Waals surface area contributed by atoms with E-state index < -0.39 is 28.1 Å². The van der Waals surface area contributed by atoms with Crippen LogP contribution in [0, 0.1) is 11.8 Å². The zero-order chi connectivity index (χ0) is 33.0. The predicted octanol–water partition coefficient (Wildman–Crippen LogP) is 2.57. The van der Waals surface area contributed by atoms with Crippen LogP contribution in [0.5, 0.6) is 11.5 Å². The fourth-order valence-corrected chi connectivity index (χ4v) is 6.51. The first kappa shape index (κ1) is 36.2. The number of aliphatic hydroxyl groups excluding tert-OH is 1. The van der Waals surface area contributed by atoms with Gasteiger partial charge < -0.3 is 24.6 Å². The number of carbonyl (C=O) groups excluding carboxylic acids is 2. The average molecular weight is 649 g/mol. The van der Waals surface area contributed by atoms with E-state index in [-0.39, 0.29) is 61.9 Å². The molecule has 1 heterocycles. The Bertz CT molecular complexity index is 1340. The van der Waals surface area contributed by atoms with Crippen molar-refractivity contribution in [3.8, 4) is 11.5 Å². The summed E-state index contributed by atoms with van der Waals surface area (Å²) in [5, 5.41) is 16.0. The maximum Gasteiger partial charge on any atom is 0.252 e. The molecule has 12 nitrogen and oxygen atoms in total. The van der Waals surface area contributed by atoms with Gasteiger partial charge in [-0.05, 0) is 36.0 Å². The van der Waals surface area contributed by atoms with Gasteiger partial charge in [0.15, 0.2) is 11.5 Å². The standard InChI is InChI=1S/C32H48N4O8S/c1-6-24(4)16-32(39)36(34-31(38)19-33-14-15-42-5)27(17-25-10-8-7-9-11-25)28(37)21-35(20-23(2)3)45(40,41)26-12-13-29-30(18-26)44-22-43-29/h7-13,18,23-24,27-28,33,37H,6,14-17,19-22H2,1-5H3,(H,34,38)/t24-,27?,28+/m0/s1. The Morgan fingerprint density at radius 2 is 1.76 bits per heavy atom. The lowest BCUT2D eigenvalue weighted by Crippen LogP contribution is -2.60. The van der Waals surface area contributed by atoms with E-state index in [2.05, 4.69) is 10.7 Å². The number of hydrogen-bond acceptors (Lipinski definition) is 9. The SMILES string of the molecule is CC[C@H](C)CC(=O)N(NC(=O)CNCCOC)C(Cc1ccccc1)[C@H](O)CN(CC(C)C)S(=O)(=O)c1ccc2c(c1)OCO2. The molecule has 2 amide bonds. The lowest BCUT2D eigenvalue weighted by Gasteiger charge is -2.37. The highest BCUT2D eigenvalue weighted by molar-refractivity contribution is 7.89. The van der Waals surface area contributed by atoms with E-state index in [1.807, 2.05) is 58.0 Å². The molecule has 0 spiro atoms. The lowest BCUT2D eigenvalue weighted by molar-refractivity contribution is -0.148. The van der Waals surface area contributed by atoms with E-state index in [0.29, 0.717) is 24.7 Å². The number of nitrogens with one attached hydrogen (secondary N) is 2. The summed E-state index contributed by atoms with van der Waals surface area (Å²) >= 11 is 0. The minimum atomic E-state index is -4.10. The number of benzene rings is 2. The zero-order valence-corrected chi connectivity index (χ0v) is 27.7. The molecule has 0 saturated heterocycles. The van der Waals surface area contributed by atoms with Gasteiger partial charge in [0.05, 0.1) is 30.2 Å². The summed E-state index contributed by atoms with van der Waals surface area (Å²) in [6.45, 7) is 8.24. The number of rotatable bonds is 18. The van der Waals surface area contributed by atoms with Crippen molar-refractivity contribution < 1.29 is 37.3 Å². The Hall–Kier alpha value is -3.23. The number of sulfonamides is 1. The largest absolute Gasteiger partial charge is 0.454 e. The van der Waals surface area contributed by atoms with Crippen molar-refractivity contribution in [2.75, 3.05) is 46.7 Å². The smallest absolute Gasteiger partial charge is 0.252 e. The van der Waals surface area contributed by atoms with Crippen molar-refractivity contribution in [2.45, 2.75) is 64.0 Å². The lowest BCUT2D eigenvalue weighted by atomic mass is 9.98. The molecule has 250 valence electrons. The number of nitrogens with zero attached hydrogens (tertiary/aromatic N) is 2. The quantitative estimate of drug-likeness (QED) is 0.164. The van der Waals surface area contributed by atoms with Gasteiger partial charge in [0.1, 0.15) is 0 Å². The van der Waals surface area contributed by atoms with E-state index >= 15 is 0 Å². The number of carbonyl (C=O) groups is 2. The molecule has 3 atom stereocenters. The van der Waals surface area contributed by atoms with Crippen molar-refractivity contribution in [3.63, 3.8) is 0 Å². The van der Waals surface area contributed by atoms with Crippen LogP contribution >= 0.6 is 0 Å². The molecule has 0 aromatic heterocycles. The van der Waals surface area contributed by atoms with Gasteiger partial charge in [0.25, 0.3) is 5.91 Å². The maximum atomic E-state index is 14.0. The van der Waals surface area contributed by atoms with E-state index in [4.69, 9.17) is 14.2 Å². The normalized spacial score (nSPS) is 14.8. The van der Waals surface area contributed by atoms with Gasteiger partial charge in [-0.15, -0.1) is 0 Å². The molecule has 2 aromatic carbocycles. The number of aliphatic hydroxyl groups is 1. The van der Waals surface area contributed by atoms with Crippen LogP contribution in [0.15, 0.2) is 53.4 Å². The molecule has 1 aliphatic rings. The summed E-state index contributed by atoms with van der Waals surface area (Å²) in [7, 11) is -2.55. The van der Waals surface area contributed by atoms with Crippen LogP contribution in [0.4, 0.5) is 0 Å². The number of fused-ring (bicyclic) bond motifs is 1. The van der Waals surface area contributed by atoms with Crippen molar-refractivity contribution in [2.24, 2.45) is 11.8 Å². The molecule has 3 N–H and O–H groups in total. The Morgan fingerprint density at radius 3 is 2.42 bits per heavy atom. The molecule has 0 saturated carbocycles. The van der Waals surface area contributed by atoms with Gasteiger partial charge in [-0.3, -0.25) is 15.0 Å². The van der Waals surface area contributed by atoms with Crippen molar-refractivity contribution in [1.29, 1.82) is 0 Å². The second-order valence-electron chi connectivity index (χ2n) is 11.7. The van der Waals surface area contributed by atoms with Crippen LogP contribution in [-0.2, 0) is 30.8 Å². The molecule has 1 aliphatic heterocycles. The molecule has 0 radical (unpaired) electrons. The monoisotopic (exact) mass is 648 g/mol. The van der Waals surface area contributed by atoms with Gasteiger partial charge in [-0.2, -0.15) is 4.31 Å². The summed E-state index contributed by atoms with van der Waals surface area (Å²) in [5.41, 5.74) is 3.53. The first-order chi connectivity index (χ1) is 21.5. The van der Waals surface area contributed by atoms with Crippen molar-refractivity contribution in [1.82, 2.24) is 20.1 Å². The maximum absolute atomic E-state index is 14.0. The second-order valence-corrected chi connectivity index (χ2v) is 13.7. The third-order valence-electron chi connectivity index (χ3n) is 7.51. The summed E-state index contributed by atoms with van der Waals surface area (Å²) in [4.78, 5) is 26.8. The Balaban J connectivity index is 1.97. The fourth-order valence-electron chi connectivity index (χ4n) is 4.87. The molecule has 1 unspecified atom stereocenters. The number of amides is 2. The summed E-state index contributed by atoms with van der Waals surface area (Å²) in [5.74, 6) is -0.115. The molecular formula is C32H48N4O8S. The third-order valence-corrected chi connectivity index (χ3v) is 9.33. The predicted molar refractivity (Wildman–Crippen MR) is 170 cm³/mol. The van der Waals surface area contributed by atoms with Gasteiger partial charge in [0, 0.05) is 39.2 Å². The first-order valence-electron chi connectivity index (χ1n) is 15.4.